The van der Waals surface area contributed by atoms with Crippen molar-refractivity contribution in [2.45, 2.75) is 19.9 Å². The first-order valence-corrected chi connectivity index (χ1v) is 5.81. The van der Waals surface area contributed by atoms with E-state index in [0.29, 0.717) is 12.2 Å². The van der Waals surface area contributed by atoms with Crippen molar-refractivity contribution in [1.29, 1.82) is 0 Å². The topological polar surface area (TPSA) is 75.6 Å². The van der Waals surface area contributed by atoms with E-state index in [4.69, 9.17) is 5.11 Å². The Morgan fingerprint density at radius 3 is 2.53 bits per heavy atom. The first-order valence-electron chi connectivity index (χ1n) is 5.81. The van der Waals surface area contributed by atoms with E-state index in [1.54, 1.807) is 19.1 Å². The van der Waals surface area contributed by atoms with Crippen molar-refractivity contribution in [3.63, 3.8) is 0 Å². The van der Waals surface area contributed by atoms with Crippen LogP contribution in [0.25, 0.3) is 0 Å². The molecule has 0 unspecified atom stereocenters. The molecule has 0 aliphatic carbocycles. The van der Waals surface area contributed by atoms with Crippen LogP contribution in [0.2, 0.25) is 0 Å². The molecule has 0 saturated heterocycles. The standard InChI is InChI=1S/C14H17NO4/c1-10(7-14(18)19-2)15-9-12-6-4-3-5-11(12)8-13(16)17/h3-7,15H,8-9H2,1-2H3,(H,16,17). The molecule has 5 nitrogen and oxygen atoms in total. The number of aliphatic carboxylic acids is 1. The number of benzene rings is 1. The third-order valence-electron chi connectivity index (χ3n) is 2.55. The molecule has 0 aromatic heterocycles. The van der Waals surface area contributed by atoms with Crippen LogP contribution >= 0.6 is 0 Å². The molecule has 0 aliphatic heterocycles. The van der Waals surface area contributed by atoms with Gasteiger partial charge in [0.2, 0.25) is 0 Å². The van der Waals surface area contributed by atoms with Gasteiger partial charge in [0.05, 0.1) is 13.5 Å². The Bertz CT molecular complexity index is 494. The first kappa shape index (κ1) is 14.8. The van der Waals surface area contributed by atoms with E-state index >= 15 is 0 Å². The quantitative estimate of drug-likeness (QED) is 0.600. The predicted octanol–water partition coefficient (Wildman–Crippen LogP) is 1.48. The fourth-order valence-corrected chi connectivity index (χ4v) is 1.59. The van der Waals surface area contributed by atoms with Gasteiger partial charge in [0.15, 0.2) is 0 Å². The Balaban J connectivity index is 2.70. The summed E-state index contributed by atoms with van der Waals surface area (Å²) in [4.78, 5) is 21.8. The van der Waals surface area contributed by atoms with E-state index in [1.807, 2.05) is 12.1 Å². The Morgan fingerprint density at radius 2 is 1.95 bits per heavy atom. The van der Waals surface area contributed by atoms with Crippen molar-refractivity contribution in [1.82, 2.24) is 5.32 Å². The van der Waals surface area contributed by atoms with Gasteiger partial charge in [-0.05, 0) is 18.1 Å². The van der Waals surface area contributed by atoms with Crippen LogP contribution in [0.4, 0.5) is 0 Å². The molecule has 5 heteroatoms. The zero-order valence-electron chi connectivity index (χ0n) is 11.0. The number of ether oxygens (including phenoxy) is 1. The summed E-state index contributed by atoms with van der Waals surface area (Å²) in [5, 5.41) is 11.9. The Kier molecular flexibility index (Phi) is 5.60. The average molecular weight is 263 g/mol. The smallest absolute Gasteiger partial charge is 0.332 e. The number of methoxy groups -OCH3 is 1. The molecule has 1 aromatic carbocycles. The second kappa shape index (κ2) is 7.20. The van der Waals surface area contributed by atoms with Crippen LogP contribution in [0, 0.1) is 0 Å². The Hall–Kier alpha value is -2.30. The minimum absolute atomic E-state index is 0.0163. The third-order valence-corrected chi connectivity index (χ3v) is 2.55. The summed E-state index contributed by atoms with van der Waals surface area (Å²) in [5.41, 5.74) is 2.31. The van der Waals surface area contributed by atoms with Crippen molar-refractivity contribution in [3.05, 3.63) is 47.2 Å². The molecule has 0 radical (unpaired) electrons. The summed E-state index contributed by atoms with van der Waals surface area (Å²) >= 11 is 0. The van der Waals surface area contributed by atoms with Crippen LogP contribution < -0.4 is 5.32 Å². The Morgan fingerprint density at radius 1 is 1.32 bits per heavy atom. The van der Waals surface area contributed by atoms with Gasteiger partial charge in [-0.25, -0.2) is 4.79 Å². The minimum Gasteiger partial charge on any atom is -0.481 e. The van der Waals surface area contributed by atoms with Gasteiger partial charge in [-0.1, -0.05) is 24.3 Å². The summed E-state index contributed by atoms with van der Waals surface area (Å²) in [7, 11) is 1.31. The van der Waals surface area contributed by atoms with Crippen molar-refractivity contribution >= 4 is 11.9 Å². The van der Waals surface area contributed by atoms with Crippen LogP contribution in [0.5, 0.6) is 0 Å². The molecule has 0 amide bonds. The van der Waals surface area contributed by atoms with E-state index < -0.39 is 11.9 Å². The molecule has 102 valence electrons. The molecule has 1 rings (SSSR count). The van der Waals surface area contributed by atoms with Crippen LogP contribution in [0.1, 0.15) is 18.1 Å². The lowest BCUT2D eigenvalue weighted by Gasteiger charge is -2.10. The van der Waals surface area contributed by atoms with Gasteiger partial charge in [0, 0.05) is 18.3 Å². The van der Waals surface area contributed by atoms with E-state index in [-0.39, 0.29) is 6.42 Å². The molecule has 1 aromatic rings. The number of hydrogen-bond donors (Lipinski definition) is 2. The molecule has 0 atom stereocenters. The number of carboxylic acid groups (broad SMARTS) is 1. The van der Waals surface area contributed by atoms with Crippen molar-refractivity contribution in [2.75, 3.05) is 7.11 Å². The maximum absolute atomic E-state index is 11.0. The fraction of sp³-hybridized carbons (Fsp3) is 0.286. The Labute approximate surface area is 111 Å². The van der Waals surface area contributed by atoms with E-state index in [2.05, 4.69) is 10.1 Å². The molecular weight excluding hydrogens is 246 g/mol. The number of esters is 1. The number of allylic oxidation sites excluding steroid dienone is 1. The van der Waals surface area contributed by atoms with E-state index in [1.165, 1.54) is 13.2 Å². The second-order valence-electron chi connectivity index (χ2n) is 4.04. The van der Waals surface area contributed by atoms with Gasteiger partial charge < -0.3 is 15.2 Å². The lowest BCUT2D eigenvalue weighted by Crippen LogP contribution is -2.14. The highest BCUT2D eigenvalue weighted by molar-refractivity contribution is 5.82. The van der Waals surface area contributed by atoms with Crippen molar-refractivity contribution in [3.8, 4) is 0 Å². The zero-order valence-corrected chi connectivity index (χ0v) is 11.0. The zero-order chi connectivity index (χ0) is 14.3. The molecule has 0 aliphatic rings. The molecule has 19 heavy (non-hydrogen) atoms. The minimum atomic E-state index is -0.866. The van der Waals surface area contributed by atoms with Crippen molar-refractivity contribution < 1.29 is 19.4 Å². The van der Waals surface area contributed by atoms with Gasteiger partial charge in [-0.3, -0.25) is 4.79 Å². The lowest BCUT2D eigenvalue weighted by molar-refractivity contribution is -0.136. The van der Waals surface area contributed by atoms with E-state index in [0.717, 1.165) is 11.1 Å². The SMILES string of the molecule is COC(=O)C=C(C)NCc1ccccc1CC(=O)O. The number of carbonyl (C=O) groups is 2. The fourth-order valence-electron chi connectivity index (χ4n) is 1.59. The van der Waals surface area contributed by atoms with Gasteiger partial charge in [-0.2, -0.15) is 0 Å². The highest BCUT2D eigenvalue weighted by Crippen LogP contribution is 2.10. The van der Waals surface area contributed by atoms with Crippen LogP contribution in [-0.2, 0) is 27.3 Å². The van der Waals surface area contributed by atoms with Crippen LogP contribution in [-0.4, -0.2) is 24.2 Å². The van der Waals surface area contributed by atoms with Gasteiger partial charge >= 0.3 is 11.9 Å². The summed E-state index contributed by atoms with van der Waals surface area (Å²) in [6.45, 7) is 2.21. The third kappa shape index (κ3) is 5.25. The first-order chi connectivity index (χ1) is 9.02. The van der Waals surface area contributed by atoms with Gasteiger partial charge in [0.1, 0.15) is 0 Å². The predicted molar refractivity (Wildman–Crippen MR) is 70.4 cm³/mol. The molecule has 0 saturated carbocycles. The number of carbonyl (C=O) groups excluding carboxylic acids is 1. The molecule has 0 spiro atoms. The molecule has 0 fully saturated rings. The van der Waals surface area contributed by atoms with Crippen LogP contribution in [0.3, 0.4) is 0 Å². The molecular formula is C14H17NO4. The summed E-state index contributed by atoms with van der Waals surface area (Å²) in [5.74, 6) is -1.29. The van der Waals surface area contributed by atoms with E-state index in [9.17, 15) is 9.59 Å². The number of nitrogens with one attached hydrogen (secondary N) is 1. The summed E-state index contributed by atoms with van der Waals surface area (Å²) in [6, 6.07) is 7.29. The number of carboxylic acids is 1. The number of rotatable bonds is 6. The summed E-state index contributed by atoms with van der Waals surface area (Å²) in [6.07, 6.45) is 1.33. The van der Waals surface area contributed by atoms with Crippen molar-refractivity contribution in [2.24, 2.45) is 0 Å². The normalized spacial score (nSPS) is 10.9. The van der Waals surface area contributed by atoms with Crippen LogP contribution in [0.15, 0.2) is 36.0 Å². The highest BCUT2D eigenvalue weighted by Gasteiger charge is 2.06. The largest absolute Gasteiger partial charge is 0.481 e. The monoisotopic (exact) mass is 263 g/mol. The maximum Gasteiger partial charge on any atom is 0.332 e. The average Bonchev–Trinajstić information content (AvgIpc) is 2.37. The summed E-state index contributed by atoms with van der Waals surface area (Å²) < 4.78 is 4.52. The van der Waals surface area contributed by atoms with Gasteiger partial charge in [0.25, 0.3) is 0 Å². The van der Waals surface area contributed by atoms with Gasteiger partial charge in [-0.15, -0.1) is 0 Å². The maximum atomic E-state index is 11.0. The molecule has 0 bridgehead atoms. The molecule has 0 heterocycles. The lowest BCUT2D eigenvalue weighted by atomic mass is 10.0. The second-order valence-corrected chi connectivity index (χ2v) is 4.04. The highest BCUT2D eigenvalue weighted by atomic mass is 16.5. The number of hydrogen-bond acceptors (Lipinski definition) is 4. The molecule has 2 N–H and O–H groups in total.